The van der Waals surface area contributed by atoms with E-state index in [1.807, 2.05) is 0 Å². The SMILES string of the molecule is COC(=O)c1cc(NC(=O)[C@H](O)[C@@H](O)C(=O)NCc2ccccc2)cc(C(=O)OC)c1. The van der Waals surface area contributed by atoms with E-state index < -0.39 is 36.0 Å². The van der Waals surface area contributed by atoms with Crippen molar-refractivity contribution in [1.82, 2.24) is 5.32 Å². The number of ether oxygens (including phenoxy) is 2. The fourth-order valence-electron chi connectivity index (χ4n) is 2.56. The second-order valence-corrected chi connectivity index (χ2v) is 6.36. The van der Waals surface area contributed by atoms with E-state index in [1.54, 1.807) is 30.3 Å². The molecule has 0 saturated heterocycles. The van der Waals surface area contributed by atoms with Crippen LogP contribution >= 0.6 is 0 Å². The number of anilines is 1. The Morgan fingerprint density at radius 1 is 0.839 bits per heavy atom. The van der Waals surface area contributed by atoms with Crippen LogP contribution in [0.2, 0.25) is 0 Å². The summed E-state index contributed by atoms with van der Waals surface area (Å²) in [5.74, 6) is -3.63. The van der Waals surface area contributed by atoms with Crippen molar-refractivity contribution in [2.45, 2.75) is 18.8 Å². The fraction of sp³-hybridized carbons (Fsp3) is 0.238. The van der Waals surface area contributed by atoms with E-state index >= 15 is 0 Å². The monoisotopic (exact) mass is 430 g/mol. The number of benzene rings is 2. The lowest BCUT2D eigenvalue weighted by atomic mass is 10.1. The number of nitrogens with one attached hydrogen (secondary N) is 2. The van der Waals surface area contributed by atoms with Crippen molar-refractivity contribution in [3.05, 3.63) is 65.2 Å². The number of aliphatic hydroxyl groups is 2. The molecule has 4 N–H and O–H groups in total. The molecular weight excluding hydrogens is 408 g/mol. The lowest BCUT2D eigenvalue weighted by Gasteiger charge is -2.18. The van der Waals surface area contributed by atoms with Crippen molar-refractivity contribution in [3.63, 3.8) is 0 Å². The Labute approximate surface area is 177 Å². The first kappa shape index (κ1) is 23.5. The van der Waals surface area contributed by atoms with Gasteiger partial charge in [-0.1, -0.05) is 30.3 Å². The molecule has 164 valence electrons. The maximum absolute atomic E-state index is 12.3. The largest absolute Gasteiger partial charge is 0.465 e. The third kappa shape index (κ3) is 6.36. The van der Waals surface area contributed by atoms with E-state index in [1.165, 1.54) is 18.2 Å². The van der Waals surface area contributed by atoms with Crippen molar-refractivity contribution < 1.29 is 38.9 Å². The molecule has 10 heteroatoms. The lowest BCUT2D eigenvalue weighted by molar-refractivity contribution is -0.143. The van der Waals surface area contributed by atoms with E-state index in [0.717, 1.165) is 19.8 Å². The minimum Gasteiger partial charge on any atom is -0.465 e. The molecule has 0 radical (unpaired) electrons. The van der Waals surface area contributed by atoms with Crippen LogP contribution in [0.4, 0.5) is 5.69 Å². The molecule has 0 heterocycles. The average Bonchev–Trinajstić information content (AvgIpc) is 2.80. The van der Waals surface area contributed by atoms with Crippen LogP contribution in [0.1, 0.15) is 26.3 Å². The van der Waals surface area contributed by atoms with Crippen LogP contribution in [-0.2, 0) is 25.6 Å². The molecule has 0 bridgehead atoms. The Morgan fingerprint density at radius 3 is 1.87 bits per heavy atom. The van der Waals surface area contributed by atoms with Crippen molar-refractivity contribution in [3.8, 4) is 0 Å². The topological polar surface area (TPSA) is 151 Å². The highest BCUT2D eigenvalue weighted by Crippen LogP contribution is 2.17. The zero-order valence-electron chi connectivity index (χ0n) is 16.8. The van der Waals surface area contributed by atoms with Gasteiger partial charge in [0, 0.05) is 12.2 Å². The molecule has 0 aliphatic rings. The third-order valence-electron chi connectivity index (χ3n) is 4.19. The second-order valence-electron chi connectivity index (χ2n) is 6.36. The first-order valence-corrected chi connectivity index (χ1v) is 9.07. The Hall–Kier alpha value is -3.76. The molecule has 0 aliphatic heterocycles. The van der Waals surface area contributed by atoms with Crippen LogP contribution in [0.25, 0.3) is 0 Å². The highest BCUT2D eigenvalue weighted by atomic mass is 16.5. The minimum absolute atomic E-state index is 0.0516. The highest BCUT2D eigenvalue weighted by Gasteiger charge is 2.30. The number of carbonyl (C=O) groups is 4. The number of methoxy groups -OCH3 is 2. The summed E-state index contributed by atoms with van der Waals surface area (Å²) < 4.78 is 9.20. The fourth-order valence-corrected chi connectivity index (χ4v) is 2.56. The predicted molar refractivity (Wildman–Crippen MR) is 108 cm³/mol. The van der Waals surface area contributed by atoms with Crippen LogP contribution in [0.5, 0.6) is 0 Å². The van der Waals surface area contributed by atoms with Gasteiger partial charge in [0.05, 0.1) is 25.3 Å². The van der Waals surface area contributed by atoms with E-state index in [-0.39, 0.29) is 23.4 Å². The van der Waals surface area contributed by atoms with Gasteiger partial charge in [0.2, 0.25) is 0 Å². The number of aliphatic hydroxyl groups excluding tert-OH is 2. The Kier molecular flexibility index (Phi) is 8.24. The number of rotatable bonds is 8. The second kappa shape index (κ2) is 10.9. The minimum atomic E-state index is -2.11. The van der Waals surface area contributed by atoms with Crippen molar-refractivity contribution in [1.29, 1.82) is 0 Å². The average molecular weight is 430 g/mol. The summed E-state index contributed by atoms with van der Waals surface area (Å²) in [7, 11) is 2.28. The van der Waals surface area contributed by atoms with E-state index in [9.17, 15) is 29.4 Å². The molecular formula is C21H22N2O8. The summed E-state index contributed by atoms with van der Waals surface area (Å²) in [6.45, 7) is 0.0920. The Balaban J connectivity index is 2.09. The van der Waals surface area contributed by atoms with Gasteiger partial charge >= 0.3 is 11.9 Å². The number of hydrogen-bond acceptors (Lipinski definition) is 8. The van der Waals surface area contributed by atoms with Crippen LogP contribution in [0.3, 0.4) is 0 Å². The number of hydrogen-bond donors (Lipinski definition) is 4. The normalized spacial score (nSPS) is 12.3. The van der Waals surface area contributed by atoms with Crippen molar-refractivity contribution >= 4 is 29.4 Å². The maximum Gasteiger partial charge on any atom is 0.337 e. The van der Waals surface area contributed by atoms with Crippen LogP contribution in [0, 0.1) is 0 Å². The van der Waals surface area contributed by atoms with Gasteiger partial charge in [-0.25, -0.2) is 9.59 Å². The van der Waals surface area contributed by atoms with Gasteiger partial charge in [-0.05, 0) is 23.8 Å². The van der Waals surface area contributed by atoms with Crippen LogP contribution in [-0.4, -0.2) is 60.4 Å². The first-order chi connectivity index (χ1) is 14.8. The standard InChI is InChI=1S/C21H22N2O8/c1-30-20(28)13-8-14(21(29)31-2)10-15(9-13)23-19(27)17(25)16(24)18(26)22-11-12-6-4-3-5-7-12/h3-10,16-17,24-25H,11H2,1-2H3,(H,22,26)(H,23,27)/t16-,17-/m1/s1. The highest BCUT2D eigenvalue weighted by molar-refractivity contribution is 6.02. The Morgan fingerprint density at radius 2 is 1.35 bits per heavy atom. The van der Waals surface area contributed by atoms with Gasteiger partial charge in [0.25, 0.3) is 11.8 Å². The molecule has 2 amide bonds. The molecule has 2 atom stereocenters. The van der Waals surface area contributed by atoms with Gasteiger partial charge in [-0.3, -0.25) is 9.59 Å². The Bertz CT molecular complexity index is 927. The summed E-state index contributed by atoms with van der Waals surface area (Å²) in [5, 5.41) is 24.7. The molecule has 0 fully saturated rings. The van der Waals surface area contributed by atoms with E-state index in [0.29, 0.717) is 0 Å². The molecule has 31 heavy (non-hydrogen) atoms. The number of carbonyl (C=O) groups excluding carboxylic acids is 4. The molecule has 0 unspecified atom stereocenters. The van der Waals surface area contributed by atoms with Gasteiger partial charge < -0.3 is 30.3 Å². The quantitative estimate of drug-likeness (QED) is 0.435. The summed E-state index contributed by atoms with van der Waals surface area (Å²) in [6.07, 6.45) is -4.16. The zero-order chi connectivity index (χ0) is 23.0. The summed E-state index contributed by atoms with van der Waals surface area (Å²) in [4.78, 5) is 48.0. The molecule has 2 rings (SSSR count). The first-order valence-electron chi connectivity index (χ1n) is 9.07. The van der Waals surface area contributed by atoms with Gasteiger partial charge in [-0.2, -0.15) is 0 Å². The van der Waals surface area contributed by atoms with Gasteiger partial charge in [0.1, 0.15) is 0 Å². The number of esters is 2. The predicted octanol–water partition coefficient (Wildman–Crippen LogP) is 0.237. The molecule has 2 aromatic rings. The molecule has 2 aromatic carbocycles. The zero-order valence-corrected chi connectivity index (χ0v) is 16.8. The van der Waals surface area contributed by atoms with Crippen LogP contribution < -0.4 is 10.6 Å². The number of amides is 2. The summed E-state index contributed by atoms with van der Waals surface area (Å²) >= 11 is 0. The third-order valence-corrected chi connectivity index (χ3v) is 4.19. The molecule has 0 spiro atoms. The molecule has 0 aliphatic carbocycles. The smallest absolute Gasteiger partial charge is 0.337 e. The van der Waals surface area contributed by atoms with Gasteiger partial charge in [0.15, 0.2) is 12.2 Å². The van der Waals surface area contributed by atoms with Crippen molar-refractivity contribution in [2.75, 3.05) is 19.5 Å². The van der Waals surface area contributed by atoms with Crippen molar-refractivity contribution in [2.24, 2.45) is 0 Å². The van der Waals surface area contributed by atoms with Gasteiger partial charge in [-0.15, -0.1) is 0 Å². The maximum atomic E-state index is 12.3. The van der Waals surface area contributed by atoms with E-state index in [2.05, 4.69) is 20.1 Å². The lowest BCUT2D eigenvalue weighted by Crippen LogP contribution is -2.47. The van der Waals surface area contributed by atoms with Crippen LogP contribution in [0.15, 0.2) is 48.5 Å². The summed E-state index contributed by atoms with van der Waals surface area (Å²) in [5.41, 5.74) is 0.592. The molecule has 0 aromatic heterocycles. The van der Waals surface area contributed by atoms with E-state index in [4.69, 9.17) is 0 Å². The summed E-state index contributed by atoms with van der Waals surface area (Å²) in [6, 6.07) is 12.4. The molecule has 10 nitrogen and oxygen atoms in total. The molecule has 0 saturated carbocycles.